The quantitative estimate of drug-likeness (QED) is 0.732. The monoisotopic (exact) mass is 281 g/mol. The number of nitrogens with two attached hydrogens (primary N) is 1. The molecular formula is C12H15N3O3S. The Morgan fingerprint density at radius 2 is 2.11 bits per heavy atom. The molecule has 1 aliphatic carbocycles. The first-order valence-corrected chi connectivity index (χ1v) is 7.59. The summed E-state index contributed by atoms with van der Waals surface area (Å²) in [6.07, 6.45) is 0.667. The lowest BCUT2D eigenvalue weighted by atomic mass is 10.0. The van der Waals surface area contributed by atoms with E-state index in [2.05, 4.69) is 10.0 Å². The van der Waals surface area contributed by atoms with Crippen molar-refractivity contribution >= 4 is 21.6 Å². The van der Waals surface area contributed by atoms with E-state index in [1.54, 1.807) is 19.1 Å². The van der Waals surface area contributed by atoms with E-state index in [-0.39, 0.29) is 28.8 Å². The van der Waals surface area contributed by atoms with Gasteiger partial charge in [-0.05, 0) is 37.1 Å². The van der Waals surface area contributed by atoms with Crippen LogP contribution in [-0.2, 0) is 14.8 Å². The van der Waals surface area contributed by atoms with Crippen LogP contribution in [0.4, 0.5) is 5.69 Å². The first kappa shape index (κ1) is 12.6. The summed E-state index contributed by atoms with van der Waals surface area (Å²) in [5.41, 5.74) is 7.00. The van der Waals surface area contributed by atoms with Crippen molar-refractivity contribution < 1.29 is 13.2 Å². The van der Waals surface area contributed by atoms with Gasteiger partial charge < -0.3 is 11.1 Å². The number of hydrogen-bond donors (Lipinski definition) is 3. The highest BCUT2D eigenvalue weighted by Crippen LogP contribution is 2.34. The summed E-state index contributed by atoms with van der Waals surface area (Å²) in [5, 5.41) is 2.71. The molecule has 6 nitrogen and oxygen atoms in total. The predicted octanol–water partition coefficient (Wildman–Crippen LogP) is 0.120. The SMILES string of the molecule is CC1C(=O)Nc2ccc(S(=O)(=O)NC3CC3N)cc21. The van der Waals surface area contributed by atoms with E-state index < -0.39 is 10.0 Å². The molecule has 102 valence electrons. The van der Waals surface area contributed by atoms with Gasteiger partial charge in [0.1, 0.15) is 0 Å². The molecular weight excluding hydrogens is 266 g/mol. The van der Waals surface area contributed by atoms with E-state index in [0.29, 0.717) is 17.7 Å². The van der Waals surface area contributed by atoms with Gasteiger partial charge >= 0.3 is 0 Å². The molecule has 3 unspecified atom stereocenters. The number of carbonyl (C=O) groups is 1. The Morgan fingerprint density at radius 1 is 1.42 bits per heavy atom. The molecule has 1 aromatic rings. The van der Waals surface area contributed by atoms with Gasteiger partial charge in [0, 0.05) is 17.8 Å². The average Bonchev–Trinajstić information content (AvgIpc) is 2.94. The van der Waals surface area contributed by atoms with Gasteiger partial charge in [-0.15, -0.1) is 0 Å². The molecule has 7 heteroatoms. The molecule has 0 bridgehead atoms. The average molecular weight is 281 g/mol. The third-order valence-electron chi connectivity index (χ3n) is 3.60. The van der Waals surface area contributed by atoms with Crippen LogP contribution < -0.4 is 15.8 Å². The van der Waals surface area contributed by atoms with Crippen molar-refractivity contribution in [1.82, 2.24) is 4.72 Å². The molecule has 2 aliphatic rings. The Labute approximate surface area is 111 Å². The highest BCUT2D eigenvalue weighted by Gasteiger charge is 2.37. The minimum absolute atomic E-state index is 0.0913. The number of sulfonamides is 1. The molecule has 0 saturated heterocycles. The van der Waals surface area contributed by atoms with E-state index in [9.17, 15) is 13.2 Å². The highest BCUT2D eigenvalue weighted by molar-refractivity contribution is 7.89. The summed E-state index contributed by atoms with van der Waals surface area (Å²) in [6.45, 7) is 1.75. The smallest absolute Gasteiger partial charge is 0.240 e. The summed E-state index contributed by atoms with van der Waals surface area (Å²) >= 11 is 0. The lowest BCUT2D eigenvalue weighted by molar-refractivity contribution is -0.116. The lowest BCUT2D eigenvalue weighted by Gasteiger charge is -2.08. The number of rotatable bonds is 3. The predicted molar refractivity (Wildman–Crippen MR) is 70.2 cm³/mol. The van der Waals surface area contributed by atoms with E-state index in [0.717, 1.165) is 0 Å². The standard InChI is InChI=1S/C12H15N3O3S/c1-6-8-4-7(2-3-10(8)14-12(6)16)19(17,18)15-11-5-9(11)13/h2-4,6,9,11,15H,5,13H2,1H3,(H,14,16). The number of hydrogen-bond acceptors (Lipinski definition) is 4. The van der Waals surface area contributed by atoms with Gasteiger partial charge in [0.05, 0.1) is 10.8 Å². The van der Waals surface area contributed by atoms with Crippen LogP contribution in [0.2, 0.25) is 0 Å². The zero-order chi connectivity index (χ0) is 13.8. The Balaban J connectivity index is 1.92. The van der Waals surface area contributed by atoms with Crippen LogP contribution in [0.15, 0.2) is 23.1 Å². The molecule has 1 saturated carbocycles. The van der Waals surface area contributed by atoms with Crippen LogP contribution in [0, 0.1) is 0 Å². The van der Waals surface area contributed by atoms with Gasteiger partial charge in [-0.25, -0.2) is 13.1 Å². The van der Waals surface area contributed by atoms with Gasteiger partial charge in [-0.1, -0.05) is 0 Å². The van der Waals surface area contributed by atoms with Gasteiger partial charge in [0.15, 0.2) is 0 Å². The molecule has 1 fully saturated rings. The van der Waals surface area contributed by atoms with Crippen molar-refractivity contribution in [1.29, 1.82) is 0 Å². The molecule has 1 heterocycles. The van der Waals surface area contributed by atoms with Crippen LogP contribution in [0.25, 0.3) is 0 Å². The fourth-order valence-corrected chi connectivity index (χ4v) is 3.51. The largest absolute Gasteiger partial charge is 0.326 e. The van der Waals surface area contributed by atoms with E-state index in [1.807, 2.05) is 0 Å². The Bertz CT molecular complexity index is 656. The zero-order valence-corrected chi connectivity index (χ0v) is 11.2. The maximum Gasteiger partial charge on any atom is 0.240 e. The molecule has 0 spiro atoms. The van der Waals surface area contributed by atoms with Crippen molar-refractivity contribution in [3.05, 3.63) is 23.8 Å². The van der Waals surface area contributed by atoms with Crippen LogP contribution in [0.5, 0.6) is 0 Å². The maximum absolute atomic E-state index is 12.1. The maximum atomic E-state index is 12.1. The van der Waals surface area contributed by atoms with Crippen molar-refractivity contribution in [2.45, 2.75) is 36.2 Å². The van der Waals surface area contributed by atoms with Gasteiger partial charge in [0.2, 0.25) is 15.9 Å². The van der Waals surface area contributed by atoms with E-state index in [1.165, 1.54) is 6.07 Å². The first-order chi connectivity index (χ1) is 8.88. The first-order valence-electron chi connectivity index (χ1n) is 6.11. The van der Waals surface area contributed by atoms with E-state index >= 15 is 0 Å². The van der Waals surface area contributed by atoms with Crippen molar-refractivity contribution in [2.75, 3.05) is 5.32 Å². The third-order valence-corrected chi connectivity index (χ3v) is 5.08. The Hall–Kier alpha value is -1.44. The van der Waals surface area contributed by atoms with Crippen molar-refractivity contribution in [3.8, 4) is 0 Å². The fourth-order valence-electron chi connectivity index (χ4n) is 2.18. The highest BCUT2D eigenvalue weighted by atomic mass is 32.2. The fraction of sp³-hybridized carbons (Fsp3) is 0.417. The summed E-state index contributed by atoms with van der Waals surface area (Å²) in [5.74, 6) is -0.435. The number of anilines is 1. The second-order valence-corrected chi connectivity index (χ2v) is 6.80. The molecule has 0 aromatic heterocycles. The second kappa shape index (κ2) is 4.03. The molecule has 1 amide bonds. The molecule has 3 atom stereocenters. The van der Waals surface area contributed by atoms with Gasteiger partial charge in [0.25, 0.3) is 0 Å². The Morgan fingerprint density at radius 3 is 2.74 bits per heavy atom. The second-order valence-electron chi connectivity index (χ2n) is 5.09. The van der Waals surface area contributed by atoms with Crippen molar-refractivity contribution in [3.63, 3.8) is 0 Å². The normalized spacial score (nSPS) is 28.9. The summed E-state index contributed by atoms with van der Waals surface area (Å²) < 4.78 is 26.8. The minimum atomic E-state index is -3.56. The van der Waals surface area contributed by atoms with Gasteiger partial charge in [-0.2, -0.15) is 0 Å². The summed E-state index contributed by atoms with van der Waals surface area (Å²) in [4.78, 5) is 11.7. The molecule has 1 aliphatic heterocycles. The topological polar surface area (TPSA) is 101 Å². The molecule has 0 radical (unpaired) electrons. The number of nitrogens with one attached hydrogen (secondary N) is 2. The summed E-state index contributed by atoms with van der Waals surface area (Å²) in [6, 6.07) is 4.40. The third kappa shape index (κ3) is 2.13. The van der Waals surface area contributed by atoms with Crippen molar-refractivity contribution in [2.24, 2.45) is 5.73 Å². The molecule has 4 N–H and O–H groups in total. The molecule has 19 heavy (non-hydrogen) atoms. The van der Waals surface area contributed by atoms with Crippen LogP contribution in [0.3, 0.4) is 0 Å². The summed E-state index contributed by atoms with van der Waals surface area (Å²) in [7, 11) is -3.56. The van der Waals surface area contributed by atoms with Crippen LogP contribution >= 0.6 is 0 Å². The minimum Gasteiger partial charge on any atom is -0.326 e. The van der Waals surface area contributed by atoms with Gasteiger partial charge in [-0.3, -0.25) is 4.79 Å². The number of benzene rings is 1. The number of fused-ring (bicyclic) bond motifs is 1. The van der Waals surface area contributed by atoms with Crippen LogP contribution in [0.1, 0.15) is 24.8 Å². The lowest BCUT2D eigenvalue weighted by Crippen LogP contribution is -2.29. The van der Waals surface area contributed by atoms with Crippen LogP contribution in [-0.4, -0.2) is 26.4 Å². The zero-order valence-electron chi connectivity index (χ0n) is 10.4. The Kier molecular flexibility index (Phi) is 2.67. The molecule has 3 rings (SSSR count). The van der Waals surface area contributed by atoms with E-state index in [4.69, 9.17) is 5.73 Å². The molecule has 1 aromatic carbocycles. The number of amides is 1. The number of carbonyl (C=O) groups excluding carboxylic acids is 1.